The maximum absolute atomic E-state index is 6.08. The van der Waals surface area contributed by atoms with E-state index in [2.05, 4.69) is 22.1 Å². The maximum Gasteiger partial charge on any atom is 0.196 e. The van der Waals surface area contributed by atoms with Gasteiger partial charge in [0.2, 0.25) is 0 Å². The summed E-state index contributed by atoms with van der Waals surface area (Å²) in [6.07, 6.45) is 1.74. The smallest absolute Gasteiger partial charge is 0.196 e. The quantitative estimate of drug-likeness (QED) is 0.734. The van der Waals surface area contributed by atoms with Crippen molar-refractivity contribution >= 4 is 23.8 Å². The number of hydrogen-bond acceptors (Lipinski definition) is 3. The van der Waals surface area contributed by atoms with Crippen molar-refractivity contribution in [2.45, 2.75) is 13.0 Å². The third kappa shape index (κ3) is 2.75. The Morgan fingerprint density at radius 1 is 1.24 bits per heavy atom. The second-order valence-electron chi connectivity index (χ2n) is 4.67. The van der Waals surface area contributed by atoms with Gasteiger partial charge in [0.1, 0.15) is 5.69 Å². The first kappa shape index (κ1) is 14.0. The molecule has 3 rings (SSSR count). The Balaban J connectivity index is 2.11. The van der Waals surface area contributed by atoms with Crippen LogP contribution in [-0.2, 0) is 0 Å². The zero-order chi connectivity index (χ0) is 14.8. The zero-order valence-corrected chi connectivity index (χ0v) is 12.9. The van der Waals surface area contributed by atoms with Crippen LogP contribution in [0.1, 0.15) is 18.5 Å². The topological polar surface area (TPSA) is 46.5 Å². The molecule has 0 aliphatic heterocycles. The molecule has 0 saturated carbocycles. The second-order valence-corrected chi connectivity index (χ2v) is 5.49. The summed E-state index contributed by atoms with van der Waals surface area (Å²) in [5, 5.41) is 7.85. The molecule has 3 aromatic rings. The highest BCUT2D eigenvalue weighted by molar-refractivity contribution is 7.71. The SMILES string of the molecule is CC(c1cccc(Cl)c1)n1c(-c2ccccn2)n[nH]c1=S. The standard InChI is InChI=1S/C15H13ClN4S/c1-10(11-5-4-6-12(16)9-11)20-14(18-19-15(20)21)13-7-2-3-8-17-13/h2-10H,1H3,(H,19,21). The van der Waals surface area contributed by atoms with Gasteiger partial charge in [-0.3, -0.25) is 14.6 Å². The predicted molar refractivity (Wildman–Crippen MR) is 85.9 cm³/mol. The van der Waals surface area contributed by atoms with E-state index in [1.165, 1.54) is 0 Å². The second kappa shape index (κ2) is 5.79. The molecule has 0 bridgehead atoms. The fourth-order valence-electron chi connectivity index (χ4n) is 2.26. The normalized spacial score (nSPS) is 12.3. The van der Waals surface area contributed by atoms with E-state index >= 15 is 0 Å². The Bertz CT molecular complexity index is 810. The van der Waals surface area contributed by atoms with Crippen LogP contribution in [0.5, 0.6) is 0 Å². The van der Waals surface area contributed by atoms with E-state index in [0.717, 1.165) is 11.3 Å². The minimum Gasteiger partial charge on any atom is -0.292 e. The minimum atomic E-state index is 0.00644. The average molecular weight is 317 g/mol. The van der Waals surface area contributed by atoms with Crippen LogP contribution in [0.4, 0.5) is 0 Å². The van der Waals surface area contributed by atoms with E-state index in [9.17, 15) is 0 Å². The molecule has 0 aliphatic carbocycles. The first-order valence-electron chi connectivity index (χ1n) is 6.50. The molecule has 1 aromatic carbocycles. The Kier molecular flexibility index (Phi) is 3.86. The van der Waals surface area contributed by atoms with Crippen LogP contribution >= 0.6 is 23.8 Å². The predicted octanol–water partition coefficient (Wildman–Crippen LogP) is 4.27. The number of halogens is 1. The molecule has 1 atom stereocenters. The lowest BCUT2D eigenvalue weighted by molar-refractivity contribution is 0.634. The molecule has 4 nitrogen and oxygen atoms in total. The summed E-state index contributed by atoms with van der Waals surface area (Å²) in [6, 6.07) is 13.4. The molecule has 2 heterocycles. The lowest BCUT2D eigenvalue weighted by atomic mass is 10.1. The molecule has 106 valence electrons. The van der Waals surface area contributed by atoms with Crippen LogP contribution in [0.15, 0.2) is 48.7 Å². The third-order valence-electron chi connectivity index (χ3n) is 3.32. The number of nitrogens with one attached hydrogen (secondary N) is 1. The third-order valence-corrected chi connectivity index (χ3v) is 3.84. The number of hydrogen-bond donors (Lipinski definition) is 1. The first-order valence-corrected chi connectivity index (χ1v) is 7.29. The van der Waals surface area contributed by atoms with Crippen molar-refractivity contribution in [3.05, 3.63) is 64.0 Å². The van der Waals surface area contributed by atoms with Gasteiger partial charge in [0.25, 0.3) is 0 Å². The molecule has 0 amide bonds. The fourth-order valence-corrected chi connectivity index (χ4v) is 2.74. The van der Waals surface area contributed by atoms with Gasteiger partial charge in [-0.25, -0.2) is 0 Å². The minimum absolute atomic E-state index is 0.00644. The molecular weight excluding hydrogens is 304 g/mol. The number of pyridine rings is 1. The van der Waals surface area contributed by atoms with E-state index in [0.29, 0.717) is 15.6 Å². The highest BCUT2D eigenvalue weighted by Gasteiger charge is 2.16. The molecule has 21 heavy (non-hydrogen) atoms. The first-order chi connectivity index (χ1) is 10.2. The summed E-state index contributed by atoms with van der Waals surface area (Å²) in [5.41, 5.74) is 1.84. The van der Waals surface area contributed by atoms with Crippen LogP contribution in [0.25, 0.3) is 11.5 Å². The van der Waals surface area contributed by atoms with Crippen LogP contribution in [0, 0.1) is 4.77 Å². The van der Waals surface area contributed by atoms with Gasteiger partial charge in [-0.15, -0.1) is 0 Å². The van der Waals surface area contributed by atoms with E-state index in [4.69, 9.17) is 23.8 Å². The molecule has 6 heteroatoms. The van der Waals surface area contributed by atoms with E-state index in [-0.39, 0.29) is 6.04 Å². The van der Waals surface area contributed by atoms with Gasteiger partial charge in [0, 0.05) is 11.2 Å². The number of benzene rings is 1. The molecule has 1 N–H and O–H groups in total. The lowest BCUT2D eigenvalue weighted by Gasteiger charge is -2.16. The van der Waals surface area contributed by atoms with E-state index in [1.54, 1.807) is 6.20 Å². The van der Waals surface area contributed by atoms with E-state index in [1.807, 2.05) is 47.0 Å². The summed E-state index contributed by atoms with van der Waals surface area (Å²) in [4.78, 5) is 4.34. The van der Waals surface area contributed by atoms with Gasteiger partial charge in [-0.1, -0.05) is 29.8 Å². The Hall–Kier alpha value is -1.98. The molecule has 0 spiro atoms. The average Bonchev–Trinajstić information content (AvgIpc) is 2.89. The summed E-state index contributed by atoms with van der Waals surface area (Å²) < 4.78 is 2.51. The van der Waals surface area contributed by atoms with Gasteiger partial charge in [-0.2, -0.15) is 5.10 Å². The Labute approximate surface area is 132 Å². The lowest BCUT2D eigenvalue weighted by Crippen LogP contribution is -2.09. The Morgan fingerprint density at radius 3 is 2.81 bits per heavy atom. The Morgan fingerprint density at radius 2 is 2.10 bits per heavy atom. The van der Waals surface area contributed by atoms with Crippen molar-refractivity contribution in [3.8, 4) is 11.5 Å². The summed E-state index contributed by atoms with van der Waals surface area (Å²) >= 11 is 11.4. The van der Waals surface area contributed by atoms with Crippen molar-refractivity contribution in [3.63, 3.8) is 0 Å². The summed E-state index contributed by atoms with van der Waals surface area (Å²) in [6.45, 7) is 2.06. The molecule has 0 saturated heterocycles. The van der Waals surface area contributed by atoms with Gasteiger partial charge in [-0.05, 0) is 49.0 Å². The van der Waals surface area contributed by atoms with Crippen LogP contribution < -0.4 is 0 Å². The maximum atomic E-state index is 6.08. The molecule has 0 radical (unpaired) electrons. The number of H-pyrrole nitrogens is 1. The highest BCUT2D eigenvalue weighted by atomic mass is 35.5. The highest BCUT2D eigenvalue weighted by Crippen LogP contribution is 2.25. The molecule has 2 aromatic heterocycles. The monoisotopic (exact) mass is 316 g/mol. The molecule has 0 fully saturated rings. The fraction of sp³-hybridized carbons (Fsp3) is 0.133. The van der Waals surface area contributed by atoms with Gasteiger partial charge >= 0.3 is 0 Å². The number of nitrogens with zero attached hydrogens (tertiary/aromatic N) is 3. The van der Waals surface area contributed by atoms with Crippen molar-refractivity contribution < 1.29 is 0 Å². The zero-order valence-electron chi connectivity index (χ0n) is 11.3. The van der Waals surface area contributed by atoms with Crippen LogP contribution in [0.2, 0.25) is 5.02 Å². The van der Waals surface area contributed by atoms with Gasteiger partial charge in [0.05, 0.1) is 6.04 Å². The van der Waals surface area contributed by atoms with Crippen molar-refractivity contribution in [1.29, 1.82) is 0 Å². The summed E-state index contributed by atoms with van der Waals surface area (Å²) in [7, 11) is 0. The molecular formula is C15H13ClN4S. The molecule has 0 aliphatic rings. The van der Waals surface area contributed by atoms with Crippen molar-refractivity contribution in [1.82, 2.24) is 19.7 Å². The van der Waals surface area contributed by atoms with Crippen molar-refractivity contribution in [2.75, 3.05) is 0 Å². The number of aromatic nitrogens is 4. The van der Waals surface area contributed by atoms with Crippen LogP contribution in [-0.4, -0.2) is 19.7 Å². The van der Waals surface area contributed by atoms with E-state index < -0.39 is 0 Å². The van der Waals surface area contributed by atoms with Gasteiger partial charge < -0.3 is 0 Å². The van der Waals surface area contributed by atoms with Gasteiger partial charge in [0.15, 0.2) is 10.6 Å². The number of aromatic amines is 1. The van der Waals surface area contributed by atoms with Crippen LogP contribution in [0.3, 0.4) is 0 Å². The largest absolute Gasteiger partial charge is 0.292 e. The molecule has 1 unspecified atom stereocenters. The summed E-state index contributed by atoms with van der Waals surface area (Å²) in [5.74, 6) is 0.716. The van der Waals surface area contributed by atoms with Crippen molar-refractivity contribution in [2.24, 2.45) is 0 Å². The number of rotatable bonds is 3.